The molecular formula is C29H46N4O5. The van der Waals surface area contributed by atoms with Gasteiger partial charge in [0, 0.05) is 52.4 Å². The summed E-state index contributed by atoms with van der Waals surface area (Å²) >= 11 is 0. The number of ether oxygens (including phenoxy) is 1. The van der Waals surface area contributed by atoms with Crippen LogP contribution in [0.5, 0.6) is 0 Å². The second-order valence-corrected chi connectivity index (χ2v) is 12.2. The molecule has 3 aliphatic heterocycles. The molecule has 9 heteroatoms. The van der Waals surface area contributed by atoms with Crippen molar-refractivity contribution in [2.24, 2.45) is 23.7 Å². The summed E-state index contributed by atoms with van der Waals surface area (Å²) in [6.45, 7) is 13.4. The van der Waals surface area contributed by atoms with Crippen molar-refractivity contribution < 1.29 is 23.5 Å². The molecule has 0 radical (unpaired) electrons. The van der Waals surface area contributed by atoms with Crippen LogP contribution in [-0.2, 0) is 14.3 Å². The van der Waals surface area contributed by atoms with Crippen LogP contribution < -0.4 is 5.32 Å². The zero-order valence-electron chi connectivity index (χ0n) is 23.6. The monoisotopic (exact) mass is 530 g/mol. The van der Waals surface area contributed by atoms with Gasteiger partial charge in [-0.25, -0.2) is 0 Å². The summed E-state index contributed by atoms with van der Waals surface area (Å²) in [7, 11) is 0. The van der Waals surface area contributed by atoms with Crippen LogP contribution in [-0.4, -0.2) is 90.6 Å². The third-order valence-electron chi connectivity index (χ3n) is 7.94. The predicted octanol–water partition coefficient (Wildman–Crippen LogP) is 3.22. The molecule has 1 unspecified atom stereocenters. The molecule has 0 aliphatic carbocycles. The molecule has 0 spiro atoms. The van der Waals surface area contributed by atoms with Crippen LogP contribution in [0.1, 0.15) is 70.4 Å². The number of hydrogen-bond acceptors (Lipinski definition) is 6. The Morgan fingerprint density at radius 1 is 1.03 bits per heavy atom. The van der Waals surface area contributed by atoms with Gasteiger partial charge in [0.2, 0.25) is 11.8 Å². The van der Waals surface area contributed by atoms with Gasteiger partial charge in [-0.2, -0.15) is 0 Å². The second-order valence-electron chi connectivity index (χ2n) is 12.2. The Morgan fingerprint density at radius 2 is 1.79 bits per heavy atom. The van der Waals surface area contributed by atoms with Gasteiger partial charge in [-0.15, -0.1) is 0 Å². The molecule has 4 heterocycles. The molecule has 3 atom stereocenters. The van der Waals surface area contributed by atoms with Gasteiger partial charge < -0.3 is 24.3 Å². The fourth-order valence-electron chi connectivity index (χ4n) is 6.27. The maximum Gasteiger partial charge on any atom is 0.291 e. The average molecular weight is 531 g/mol. The van der Waals surface area contributed by atoms with Crippen molar-refractivity contribution >= 4 is 17.7 Å². The van der Waals surface area contributed by atoms with Crippen LogP contribution >= 0.6 is 0 Å². The zero-order valence-corrected chi connectivity index (χ0v) is 23.6. The van der Waals surface area contributed by atoms with Crippen LogP contribution in [0.2, 0.25) is 0 Å². The van der Waals surface area contributed by atoms with Crippen LogP contribution in [0.15, 0.2) is 22.8 Å². The van der Waals surface area contributed by atoms with Gasteiger partial charge in [0.25, 0.3) is 5.91 Å². The fourth-order valence-corrected chi connectivity index (χ4v) is 6.27. The highest BCUT2D eigenvalue weighted by atomic mass is 16.5. The number of rotatable bonds is 8. The van der Waals surface area contributed by atoms with E-state index in [1.165, 1.54) is 6.26 Å². The Bertz CT molecular complexity index is 927. The molecular weight excluding hydrogens is 484 g/mol. The number of fused-ring (bicyclic) bond motifs is 1. The number of carbonyl (C=O) groups excluding carboxylic acids is 3. The molecule has 1 aromatic heterocycles. The molecule has 4 rings (SSSR count). The van der Waals surface area contributed by atoms with Crippen molar-refractivity contribution in [2.75, 3.05) is 45.9 Å². The Kier molecular flexibility index (Phi) is 9.87. The molecule has 9 nitrogen and oxygen atoms in total. The first kappa shape index (κ1) is 28.6. The first-order valence-electron chi connectivity index (χ1n) is 14.5. The van der Waals surface area contributed by atoms with Crippen molar-refractivity contribution in [1.82, 2.24) is 20.0 Å². The Balaban J connectivity index is 1.64. The van der Waals surface area contributed by atoms with E-state index in [0.717, 1.165) is 45.6 Å². The quantitative estimate of drug-likeness (QED) is 0.555. The van der Waals surface area contributed by atoms with Crippen molar-refractivity contribution in [2.45, 2.75) is 72.0 Å². The second kappa shape index (κ2) is 13.1. The van der Waals surface area contributed by atoms with Crippen LogP contribution in [0.3, 0.4) is 0 Å². The van der Waals surface area contributed by atoms with E-state index >= 15 is 0 Å². The first-order chi connectivity index (χ1) is 18.2. The van der Waals surface area contributed by atoms with Crippen LogP contribution in [0.4, 0.5) is 0 Å². The third-order valence-corrected chi connectivity index (χ3v) is 7.94. The van der Waals surface area contributed by atoms with E-state index in [1.54, 1.807) is 17.0 Å². The van der Waals surface area contributed by atoms with E-state index < -0.39 is 12.2 Å². The van der Waals surface area contributed by atoms with E-state index in [2.05, 4.69) is 24.1 Å². The summed E-state index contributed by atoms with van der Waals surface area (Å²) in [6.07, 6.45) is 4.93. The molecule has 0 bridgehead atoms. The fraction of sp³-hybridized carbons (Fsp3) is 0.759. The summed E-state index contributed by atoms with van der Waals surface area (Å²) in [5.74, 6) is 1.40. The maximum atomic E-state index is 14.1. The molecule has 3 aliphatic rings. The molecule has 212 valence electrons. The number of nitrogens with one attached hydrogen (secondary N) is 1. The van der Waals surface area contributed by atoms with Crippen molar-refractivity contribution in [3.63, 3.8) is 0 Å². The molecule has 38 heavy (non-hydrogen) atoms. The van der Waals surface area contributed by atoms with Gasteiger partial charge in [-0.1, -0.05) is 27.7 Å². The Hall–Kier alpha value is -2.39. The molecule has 3 amide bonds. The largest absolute Gasteiger partial charge is 0.459 e. The number of nitrogens with zero attached hydrogens (tertiary/aromatic N) is 3. The average Bonchev–Trinajstić information content (AvgIpc) is 3.30. The third kappa shape index (κ3) is 7.38. The predicted molar refractivity (Wildman–Crippen MR) is 144 cm³/mol. The SMILES string of the molecule is CC(C)CC(=O)N[C@H]1CCN(C(=O)c2ccco2)C2CN(CC3CCOCC3)C[C@H](CC(C)C)CN2C1=O. The number of carbonyl (C=O) groups is 3. The van der Waals surface area contributed by atoms with E-state index in [-0.39, 0.29) is 35.3 Å². The Labute approximate surface area is 227 Å². The highest BCUT2D eigenvalue weighted by Gasteiger charge is 2.44. The van der Waals surface area contributed by atoms with E-state index in [9.17, 15) is 14.4 Å². The smallest absolute Gasteiger partial charge is 0.291 e. The lowest BCUT2D eigenvalue weighted by Gasteiger charge is -2.38. The van der Waals surface area contributed by atoms with Crippen LogP contribution in [0, 0.1) is 23.7 Å². The number of amides is 3. The maximum absolute atomic E-state index is 14.1. The van der Waals surface area contributed by atoms with Gasteiger partial charge in [0.05, 0.1) is 6.26 Å². The minimum atomic E-state index is -0.639. The van der Waals surface area contributed by atoms with E-state index in [4.69, 9.17) is 9.15 Å². The molecule has 3 saturated heterocycles. The molecule has 1 N–H and O–H groups in total. The van der Waals surface area contributed by atoms with Gasteiger partial charge in [0.15, 0.2) is 5.76 Å². The normalized spacial score (nSPS) is 25.8. The van der Waals surface area contributed by atoms with Gasteiger partial charge >= 0.3 is 0 Å². The van der Waals surface area contributed by atoms with Crippen LogP contribution in [0.25, 0.3) is 0 Å². The van der Waals surface area contributed by atoms with Crippen molar-refractivity contribution in [3.05, 3.63) is 24.2 Å². The topological polar surface area (TPSA) is 95.3 Å². The molecule has 0 saturated carbocycles. The number of furan rings is 1. The summed E-state index contributed by atoms with van der Waals surface area (Å²) in [5.41, 5.74) is 0. The lowest BCUT2D eigenvalue weighted by atomic mass is 9.95. The molecule has 1 aromatic rings. The highest BCUT2D eigenvalue weighted by Crippen LogP contribution is 2.28. The van der Waals surface area contributed by atoms with Crippen molar-refractivity contribution in [3.8, 4) is 0 Å². The minimum absolute atomic E-state index is 0.0801. The van der Waals surface area contributed by atoms with E-state index in [0.29, 0.717) is 44.3 Å². The van der Waals surface area contributed by atoms with Gasteiger partial charge in [-0.05, 0) is 61.5 Å². The summed E-state index contributed by atoms with van der Waals surface area (Å²) in [4.78, 5) is 46.6. The minimum Gasteiger partial charge on any atom is -0.459 e. The number of hydrogen-bond donors (Lipinski definition) is 1. The first-order valence-corrected chi connectivity index (χ1v) is 14.5. The summed E-state index contributed by atoms with van der Waals surface area (Å²) in [5, 5.41) is 3.00. The molecule has 0 aromatic carbocycles. The Morgan fingerprint density at radius 3 is 2.45 bits per heavy atom. The molecule has 3 fully saturated rings. The lowest BCUT2D eigenvalue weighted by Crippen LogP contribution is -2.57. The summed E-state index contributed by atoms with van der Waals surface area (Å²) in [6, 6.07) is 2.76. The van der Waals surface area contributed by atoms with E-state index in [1.807, 2.05) is 18.7 Å². The standard InChI is InChI=1S/C29H46N4O5/c1-20(2)14-23-17-31(16-22-8-12-37-13-9-22)19-27-32(29(36)25-6-5-11-38-25)10-7-24(28(35)33(27)18-23)30-26(34)15-21(3)4/h5-6,11,20-24,27H,7-10,12-19H2,1-4H3,(H,30,34)/t23-,24-,27?/m0/s1. The lowest BCUT2D eigenvalue weighted by molar-refractivity contribution is -0.139. The highest BCUT2D eigenvalue weighted by molar-refractivity contribution is 5.93. The van der Waals surface area contributed by atoms with Gasteiger partial charge in [-0.3, -0.25) is 19.3 Å². The summed E-state index contributed by atoms with van der Waals surface area (Å²) < 4.78 is 11.1. The van der Waals surface area contributed by atoms with Gasteiger partial charge in [0.1, 0.15) is 12.2 Å². The zero-order chi connectivity index (χ0) is 27.2. The van der Waals surface area contributed by atoms with Crippen molar-refractivity contribution in [1.29, 1.82) is 0 Å².